The zero-order valence-corrected chi connectivity index (χ0v) is 17.4. The van der Waals surface area contributed by atoms with Crippen molar-refractivity contribution in [3.8, 4) is 0 Å². The monoisotopic (exact) mass is 477 g/mol. The maximum absolute atomic E-state index is 13.6. The van der Waals surface area contributed by atoms with E-state index in [4.69, 9.17) is 5.21 Å². The molecule has 10 nitrogen and oxygen atoms in total. The summed E-state index contributed by atoms with van der Waals surface area (Å²) < 4.78 is 39.0. The van der Waals surface area contributed by atoms with Crippen molar-refractivity contribution in [2.24, 2.45) is 0 Å². The Morgan fingerprint density at radius 2 is 1.85 bits per heavy atom. The zero-order valence-electron chi connectivity index (χ0n) is 17.4. The van der Waals surface area contributed by atoms with E-state index in [9.17, 15) is 32.5 Å². The van der Waals surface area contributed by atoms with Crippen LogP contribution in [0.1, 0.15) is 5.56 Å². The van der Waals surface area contributed by atoms with Crippen LogP contribution in [0.4, 0.5) is 35.0 Å². The topological polar surface area (TPSA) is 110 Å². The lowest BCUT2D eigenvalue weighted by Gasteiger charge is -2.32. The van der Waals surface area contributed by atoms with E-state index in [-0.39, 0.29) is 41.7 Å². The second-order valence-corrected chi connectivity index (χ2v) is 8.46. The van der Waals surface area contributed by atoms with Crippen molar-refractivity contribution in [2.75, 3.05) is 30.0 Å². The van der Waals surface area contributed by atoms with Crippen LogP contribution in [0.3, 0.4) is 0 Å². The summed E-state index contributed by atoms with van der Waals surface area (Å²) in [5.74, 6) is -1.25. The Labute approximate surface area is 189 Å². The molecule has 2 bridgehead atoms. The minimum Gasteiger partial charge on any atom is -0.321 e. The predicted octanol–water partition coefficient (Wildman–Crippen LogP) is 2.45. The summed E-state index contributed by atoms with van der Waals surface area (Å²) in [6, 6.07) is 6.76. The Morgan fingerprint density at radius 1 is 1.12 bits per heavy atom. The number of fused-ring (bicyclic) bond motifs is 1. The first kappa shape index (κ1) is 22.0. The first-order valence-electron chi connectivity index (χ1n) is 10.2. The van der Waals surface area contributed by atoms with Gasteiger partial charge < -0.3 is 5.32 Å². The number of amides is 4. The summed E-state index contributed by atoms with van der Waals surface area (Å²) in [7, 11) is 0. The number of nitrogens with zero attached hydrogens (tertiary/aromatic N) is 4. The second kappa shape index (κ2) is 7.33. The van der Waals surface area contributed by atoms with Crippen LogP contribution in [0.15, 0.2) is 48.5 Å². The fourth-order valence-electron chi connectivity index (χ4n) is 5.03. The Balaban J connectivity index is 1.46. The summed E-state index contributed by atoms with van der Waals surface area (Å²) in [5, 5.41) is 11.7. The quantitative estimate of drug-likeness (QED) is 0.398. The molecule has 3 fully saturated rings. The van der Waals surface area contributed by atoms with Gasteiger partial charge in [0.25, 0.3) is 16.7 Å². The Bertz CT molecular complexity index is 1250. The highest BCUT2D eigenvalue weighted by molar-refractivity contribution is 6.19. The van der Waals surface area contributed by atoms with Crippen LogP contribution in [0.25, 0.3) is 0 Å². The van der Waals surface area contributed by atoms with E-state index in [0.29, 0.717) is 0 Å². The molecule has 176 valence electrons. The number of anilines is 2. The molecule has 0 aliphatic carbocycles. The highest BCUT2D eigenvalue weighted by Crippen LogP contribution is 2.44. The Kier molecular flexibility index (Phi) is 4.74. The van der Waals surface area contributed by atoms with Crippen molar-refractivity contribution in [1.29, 1.82) is 0 Å². The van der Waals surface area contributed by atoms with E-state index < -0.39 is 46.2 Å². The van der Waals surface area contributed by atoms with E-state index in [1.165, 1.54) is 30.3 Å². The molecule has 4 amide bonds. The number of alkyl halides is 3. The fourth-order valence-corrected chi connectivity index (χ4v) is 5.03. The van der Waals surface area contributed by atoms with Crippen molar-refractivity contribution >= 4 is 34.9 Å². The molecule has 0 saturated carbocycles. The van der Waals surface area contributed by atoms with E-state index in [0.717, 1.165) is 23.1 Å². The molecule has 1 spiro atoms. The summed E-state index contributed by atoms with van der Waals surface area (Å²) in [6.07, 6.45) is -4.65. The molecule has 0 radical (unpaired) electrons. The molecule has 13 heteroatoms. The first-order valence-corrected chi connectivity index (χ1v) is 10.2. The van der Waals surface area contributed by atoms with Crippen molar-refractivity contribution in [1.82, 2.24) is 4.90 Å². The third-order valence-electron chi connectivity index (χ3n) is 6.53. The molecule has 4 atom stereocenters. The number of benzene rings is 2. The van der Waals surface area contributed by atoms with Crippen LogP contribution in [-0.4, -0.2) is 69.2 Å². The molecule has 0 aromatic heterocycles. The van der Waals surface area contributed by atoms with Gasteiger partial charge in [-0.1, -0.05) is 12.1 Å². The van der Waals surface area contributed by atoms with Gasteiger partial charge in [-0.15, -0.1) is 0 Å². The van der Waals surface area contributed by atoms with Crippen LogP contribution in [0.2, 0.25) is 0 Å². The number of halogens is 3. The predicted molar refractivity (Wildman–Crippen MR) is 109 cm³/mol. The summed E-state index contributed by atoms with van der Waals surface area (Å²) in [6.45, 7) is 0.452. The van der Waals surface area contributed by atoms with Crippen LogP contribution in [0, 0.1) is 4.91 Å². The van der Waals surface area contributed by atoms with E-state index >= 15 is 0 Å². The van der Waals surface area contributed by atoms with E-state index in [1.54, 1.807) is 4.90 Å². The van der Waals surface area contributed by atoms with Crippen molar-refractivity contribution in [2.45, 2.75) is 18.3 Å². The highest BCUT2D eigenvalue weighted by Gasteiger charge is 2.73. The molecule has 3 unspecified atom stereocenters. The average Bonchev–Trinajstić information content (AvgIpc) is 3.42. The van der Waals surface area contributed by atoms with Crippen LogP contribution in [-0.2, 0) is 15.8 Å². The van der Waals surface area contributed by atoms with Gasteiger partial charge in [0.15, 0.2) is 12.1 Å². The maximum Gasteiger partial charge on any atom is 0.433 e. The van der Waals surface area contributed by atoms with Crippen LogP contribution < -0.4 is 10.2 Å². The lowest BCUT2D eigenvalue weighted by atomic mass is 10.1. The molecule has 2 aromatic rings. The van der Waals surface area contributed by atoms with Gasteiger partial charge in [0, 0.05) is 17.8 Å². The molecule has 3 aliphatic rings. The molecule has 2 aromatic carbocycles. The normalized spacial score (nSPS) is 27.7. The number of nitrogens with one attached hydrogen (secondary N) is 1. The molecule has 2 N–H and O–H groups in total. The van der Waals surface area contributed by atoms with Gasteiger partial charge in [0.2, 0.25) is 0 Å². The third kappa shape index (κ3) is 3.15. The van der Waals surface area contributed by atoms with Gasteiger partial charge in [-0.3, -0.25) is 9.59 Å². The van der Waals surface area contributed by atoms with Gasteiger partial charge in [-0.25, -0.2) is 19.4 Å². The molecule has 3 saturated heterocycles. The van der Waals surface area contributed by atoms with Gasteiger partial charge in [-0.2, -0.15) is 18.1 Å². The average molecular weight is 477 g/mol. The Hall–Kier alpha value is -3.84. The largest absolute Gasteiger partial charge is 0.433 e. The van der Waals surface area contributed by atoms with Gasteiger partial charge in [-0.05, 0) is 24.3 Å². The van der Waals surface area contributed by atoms with Crippen LogP contribution in [0.5, 0.6) is 0 Å². The lowest BCUT2D eigenvalue weighted by Crippen LogP contribution is -2.63. The van der Waals surface area contributed by atoms with E-state index in [2.05, 4.69) is 5.32 Å². The first-order chi connectivity index (χ1) is 16.0. The van der Waals surface area contributed by atoms with Crippen molar-refractivity contribution in [3.63, 3.8) is 0 Å². The summed E-state index contributed by atoms with van der Waals surface area (Å²) in [4.78, 5) is 53.2. The molecular formula is C21H18F3N5O5+2. The van der Waals surface area contributed by atoms with Gasteiger partial charge in [0.1, 0.15) is 6.67 Å². The number of hydrogen-bond acceptors (Lipinski definition) is 5. The second-order valence-electron chi connectivity index (χ2n) is 8.46. The minimum absolute atomic E-state index is 0.0772. The number of urea groups is 1. The standard InChI is InChI=1S/C21H17F3N5O5/c22-21(23,24)12-3-1-5-14(7-12)27-19(31)17-10-26-9-16(29(17,11-26)20(27)32)18(30)25-13-4-2-6-15(8-13)28(33)34/h1-8,16-17H,9-11H2,(H-,25,30,33,34)/q+1/p+1. The smallest absolute Gasteiger partial charge is 0.321 e. The number of rotatable bonds is 4. The minimum atomic E-state index is -4.65. The number of carbonyl (C=O) groups is 3. The lowest BCUT2D eigenvalue weighted by molar-refractivity contribution is -0.852. The van der Waals surface area contributed by atoms with Gasteiger partial charge >= 0.3 is 17.9 Å². The Morgan fingerprint density at radius 3 is 2.56 bits per heavy atom. The fraction of sp³-hybridized carbons (Fsp3) is 0.286. The van der Waals surface area contributed by atoms with E-state index in [1.807, 2.05) is 0 Å². The molecule has 3 heterocycles. The number of carbonyl (C=O) groups excluding carboxylic acids is 3. The van der Waals surface area contributed by atoms with Crippen molar-refractivity contribution < 1.29 is 42.2 Å². The molecular weight excluding hydrogens is 459 g/mol. The molecule has 5 rings (SSSR count). The SMILES string of the molecule is O=C(Nc1cccc([N+](=O)O)c1)C1C[N@@]2CC3C(=O)N(c4cccc(C(F)(F)F)c4)C(=O)[N+]13C2. The zero-order chi connectivity index (χ0) is 24.4. The summed E-state index contributed by atoms with van der Waals surface area (Å²) in [5.41, 5.74) is -1.12. The number of piperazine rings is 1. The highest BCUT2D eigenvalue weighted by atomic mass is 19.4. The number of imide groups is 1. The molecule has 34 heavy (non-hydrogen) atoms. The van der Waals surface area contributed by atoms with Crippen LogP contribution >= 0.6 is 0 Å². The third-order valence-corrected chi connectivity index (χ3v) is 6.53. The number of quaternary nitrogens is 1. The number of hydrogen-bond donors (Lipinski definition) is 2. The summed E-state index contributed by atoms with van der Waals surface area (Å²) >= 11 is 0. The van der Waals surface area contributed by atoms with Crippen molar-refractivity contribution in [3.05, 3.63) is 59.0 Å². The molecule has 3 aliphatic heterocycles. The van der Waals surface area contributed by atoms with Gasteiger partial charge in [0.05, 0.1) is 29.2 Å². The maximum atomic E-state index is 13.6.